The van der Waals surface area contributed by atoms with Crippen LogP contribution in [0.5, 0.6) is 11.5 Å². The fourth-order valence-corrected chi connectivity index (χ4v) is 2.64. The average molecular weight is 346 g/mol. The van der Waals surface area contributed by atoms with Crippen molar-refractivity contribution in [2.45, 2.75) is 32.0 Å². The fourth-order valence-electron chi connectivity index (χ4n) is 2.64. The molecule has 0 bridgehead atoms. The first-order valence-electron chi connectivity index (χ1n) is 7.44. The zero-order valence-electron chi connectivity index (χ0n) is 13.0. The van der Waals surface area contributed by atoms with Crippen LogP contribution in [0.3, 0.4) is 0 Å². The van der Waals surface area contributed by atoms with Gasteiger partial charge in [-0.15, -0.1) is 13.2 Å². The number of halogens is 3. The van der Waals surface area contributed by atoms with Crippen molar-refractivity contribution < 1.29 is 37.0 Å². The molecule has 0 aromatic heterocycles. The van der Waals surface area contributed by atoms with Crippen LogP contribution in [-0.4, -0.2) is 25.4 Å². The van der Waals surface area contributed by atoms with Crippen LogP contribution in [-0.2, 0) is 14.3 Å². The lowest BCUT2D eigenvalue weighted by atomic mass is 9.82. The van der Waals surface area contributed by atoms with Crippen molar-refractivity contribution in [3.8, 4) is 11.5 Å². The van der Waals surface area contributed by atoms with E-state index >= 15 is 0 Å². The number of carbonyl (C=O) groups is 2. The van der Waals surface area contributed by atoms with Crippen LogP contribution in [0, 0.1) is 11.8 Å². The molecule has 0 N–H and O–H groups in total. The van der Waals surface area contributed by atoms with Crippen molar-refractivity contribution in [3.63, 3.8) is 0 Å². The van der Waals surface area contributed by atoms with Crippen molar-refractivity contribution in [3.05, 3.63) is 24.3 Å². The molecule has 0 heterocycles. The molecule has 1 aromatic rings. The third-order valence-electron chi connectivity index (χ3n) is 3.87. The van der Waals surface area contributed by atoms with Gasteiger partial charge >= 0.3 is 18.3 Å². The van der Waals surface area contributed by atoms with Crippen LogP contribution >= 0.6 is 0 Å². The summed E-state index contributed by atoms with van der Waals surface area (Å²) in [4.78, 5) is 23.5. The number of carbonyl (C=O) groups excluding carboxylic acids is 2. The predicted octanol–water partition coefficient (Wildman–Crippen LogP) is 3.47. The summed E-state index contributed by atoms with van der Waals surface area (Å²) < 4.78 is 49.8. The minimum Gasteiger partial charge on any atom is -0.469 e. The number of ether oxygens (including phenoxy) is 3. The summed E-state index contributed by atoms with van der Waals surface area (Å²) in [7, 11) is 1.33. The number of rotatable bonds is 4. The number of hydrogen-bond acceptors (Lipinski definition) is 5. The summed E-state index contributed by atoms with van der Waals surface area (Å²) in [5.41, 5.74) is 0. The highest BCUT2D eigenvalue weighted by atomic mass is 19.4. The standard InChI is InChI=1S/C16H17F3O5/c1-22-14(20)10-2-4-11(5-3-10)15(21)23-12-6-8-13(9-7-12)24-16(17,18)19/h6-11H,2-5H2,1H3. The molecule has 1 aliphatic carbocycles. The maximum atomic E-state index is 12.1. The van der Waals surface area contributed by atoms with Crippen molar-refractivity contribution >= 4 is 11.9 Å². The van der Waals surface area contributed by atoms with Crippen molar-refractivity contribution in [2.75, 3.05) is 7.11 Å². The van der Waals surface area contributed by atoms with E-state index < -0.39 is 12.3 Å². The molecule has 1 fully saturated rings. The van der Waals surface area contributed by atoms with Crippen LogP contribution < -0.4 is 9.47 Å². The predicted molar refractivity (Wildman–Crippen MR) is 76.2 cm³/mol. The molecule has 0 amide bonds. The molecular weight excluding hydrogens is 329 g/mol. The van der Waals surface area contributed by atoms with Gasteiger partial charge in [0, 0.05) is 0 Å². The first-order valence-corrected chi connectivity index (χ1v) is 7.44. The van der Waals surface area contributed by atoms with Gasteiger partial charge < -0.3 is 14.2 Å². The zero-order chi connectivity index (χ0) is 17.7. The molecule has 0 unspecified atom stereocenters. The van der Waals surface area contributed by atoms with Gasteiger partial charge in [0.2, 0.25) is 0 Å². The third-order valence-corrected chi connectivity index (χ3v) is 3.87. The largest absolute Gasteiger partial charge is 0.573 e. The van der Waals surface area contributed by atoms with Crippen LogP contribution in [0.1, 0.15) is 25.7 Å². The molecule has 0 spiro atoms. The van der Waals surface area contributed by atoms with Gasteiger partial charge in [-0.1, -0.05) is 0 Å². The van der Waals surface area contributed by atoms with E-state index in [4.69, 9.17) is 4.74 Å². The topological polar surface area (TPSA) is 61.8 Å². The normalized spacial score (nSPS) is 21.0. The van der Waals surface area contributed by atoms with E-state index in [0.717, 1.165) is 12.1 Å². The number of esters is 2. The summed E-state index contributed by atoms with van der Waals surface area (Å²) in [5, 5.41) is 0. The summed E-state index contributed by atoms with van der Waals surface area (Å²) in [5.74, 6) is -1.51. The highest BCUT2D eigenvalue weighted by molar-refractivity contribution is 5.76. The molecule has 2 rings (SSSR count). The molecule has 5 nitrogen and oxygen atoms in total. The summed E-state index contributed by atoms with van der Waals surface area (Å²) in [6.45, 7) is 0. The van der Waals surface area contributed by atoms with Gasteiger partial charge in [-0.25, -0.2) is 0 Å². The van der Waals surface area contributed by atoms with Gasteiger partial charge in [-0.2, -0.15) is 0 Å². The summed E-state index contributed by atoms with van der Waals surface area (Å²) >= 11 is 0. The third kappa shape index (κ3) is 5.14. The monoisotopic (exact) mass is 346 g/mol. The first-order chi connectivity index (χ1) is 11.3. The molecule has 24 heavy (non-hydrogen) atoms. The van der Waals surface area contributed by atoms with Gasteiger partial charge in [0.1, 0.15) is 11.5 Å². The Labute approximate surface area is 136 Å². The molecule has 0 saturated heterocycles. The molecule has 8 heteroatoms. The Morgan fingerprint density at radius 1 is 0.917 bits per heavy atom. The van der Waals surface area contributed by atoms with E-state index in [1.165, 1.54) is 19.2 Å². The van der Waals surface area contributed by atoms with Crippen molar-refractivity contribution in [1.82, 2.24) is 0 Å². The van der Waals surface area contributed by atoms with E-state index in [2.05, 4.69) is 9.47 Å². The zero-order valence-corrected chi connectivity index (χ0v) is 13.0. The molecule has 132 valence electrons. The van der Waals surface area contributed by atoms with Crippen molar-refractivity contribution in [2.24, 2.45) is 11.8 Å². The van der Waals surface area contributed by atoms with Crippen LogP contribution in [0.4, 0.5) is 13.2 Å². The Balaban J connectivity index is 1.86. The second-order valence-electron chi connectivity index (χ2n) is 5.51. The first kappa shape index (κ1) is 18.1. The smallest absolute Gasteiger partial charge is 0.469 e. The molecule has 1 aromatic carbocycles. The summed E-state index contributed by atoms with van der Waals surface area (Å²) in [6.07, 6.45) is -2.66. The Bertz CT molecular complexity index is 574. The number of alkyl halides is 3. The SMILES string of the molecule is COC(=O)C1CCC(C(=O)Oc2ccc(OC(F)(F)F)cc2)CC1. The molecule has 0 aliphatic heterocycles. The van der Waals surface area contributed by atoms with Crippen LogP contribution in [0.25, 0.3) is 0 Å². The van der Waals surface area contributed by atoms with Gasteiger partial charge in [0.25, 0.3) is 0 Å². The molecular formula is C16H17F3O5. The Morgan fingerprint density at radius 2 is 1.38 bits per heavy atom. The minimum atomic E-state index is -4.77. The number of methoxy groups -OCH3 is 1. The van der Waals surface area contributed by atoms with Gasteiger partial charge in [-0.05, 0) is 49.9 Å². The molecule has 0 atom stereocenters. The van der Waals surface area contributed by atoms with Crippen molar-refractivity contribution in [1.29, 1.82) is 0 Å². The maximum Gasteiger partial charge on any atom is 0.573 e. The van der Waals surface area contributed by atoms with Gasteiger partial charge in [-0.3, -0.25) is 9.59 Å². The van der Waals surface area contributed by atoms with E-state index in [1.807, 2.05) is 0 Å². The van der Waals surface area contributed by atoms with E-state index in [-0.39, 0.29) is 29.3 Å². The quantitative estimate of drug-likeness (QED) is 0.617. The molecule has 1 aliphatic rings. The van der Waals surface area contributed by atoms with Gasteiger partial charge in [0.05, 0.1) is 18.9 Å². The van der Waals surface area contributed by atoms with E-state index in [0.29, 0.717) is 25.7 Å². The lowest BCUT2D eigenvalue weighted by Crippen LogP contribution is -2.29. The Morgan fingerprint density at radius 3 is 1.83 bits per heavy atom. The Kier molecular flexibility index (Phi) is 5.69. The lowest BCUT2D eigenvalue weighted by Gasteiger charge is -2.25. The molecule has 0 radical (unpaired) electrons. The van der Waals surface area contributed by atoms with E-state index in [9.17, 15) is 22.8 Å². The average Bonchev–Trinajstić information content (AvgIpc) is 2.54. The Hall–Kier alpha value is -2.25. The molecule has 1 saturated carbocycles. The van der Waals surface area contributed by atoms with Crippen LogP contribution in [0.15, 0.2) is 24.3 Å². The van der Waals surface area contributed by atoms with E-state index in [1.54, 1.807) is 0 Å². The summed E-state index contributed by atoms with van der Waals surface area (Å²) in [6, 6.07) is 4.62. The highest BCUT2D eigenvalue weighted by Gasteiger charge is 2.32. The second-order valence-corrected chi connectivity index (χ2v) is 5.51. The highest BCUT2D eigenvalue weighted by Crippen LogP contribution is 2.31. The lowest BCUT2D eigenvalue weighted by molar-refractivity contribution is -0.274. The maximum absolute atomic E-state index is 12.1. The van der Waals surface area contributed by atoms with Gasteiger partial charge in [0.15, 0.2) is 0 Å². The number of benzene rings is 1. The van der Waals surface area contributed by atoms with Crippen LogP contribution in [0.2, 0.25) is 0 Å². The number of hydrogen-bond donors (Lipinski definition) is 0. The second kappa shape index (κ2) is 7.55. The minimum absolute atomic E-state index is 0.143. The fraction of sp³-hybridized carbons (Fsp3) is 0.500.